The highest BCUT2D eigenvalue weighted by Crippen LogP contribution is 2.48. The van der Waals surface area contributed by atoms with Crippen LogP contribution in [0.5, 0.6) is 0 Å². The molecular weight excluding hydrogens is 603 g/mol. The number of H-pyrrole nitrogens is 1. The molecule has 0 saturated carbocycles. The van der Waals surface area contributed by atoms with Crippen LogP contribution >= 0.6 is 23.9 Å². The fourth-order valence-electron chi connectivity index (χ4n) is 5.23. The van der Waals surface area contributed by atoms with Crippen LogP contribution in [-0.4, -0.2) is 24.8 Å². The van der Waals surface area contributed by atoms with E-state index in [2.05, 4.69) is 82.7 Å². The fraction of sp³-hybridized carbons (Fsp3) is 0. The molecule has 0 radical (unpaired) electrons. The molecule has 4 aromatic carbocycles. The minimum absolute atomic E-state index is 0.383. The number of rotatable bonds is 8. The van der Waals surface area contributed by atoms with Gasteiger partial charge >= 0.3 is 5.97 Å². The van der Waals surface area contributed by atoms with Crippen molar-refractivity contribution in [3.63, 3.8) is 0 Å². The van der Waals surface area contributed by atoms with Gasteiger partial charge in [0.25, 0.3) is 0 Å². The number of anilines is 5. The molecule has 3 heterocycles. The molecule has 9 nitrogen and oxygen atoms in total. The number of carboxylic acid groups (broad SMARTS) is 1. The Bertz CT molecular complexity index is 2090. The summed E-state index contributed by atoms with van der Waals surface area (Å²) in [5.74, 6) is -1.30. The zero-order valence-corrected chi connectivity index (χ0v) is 25.1. The van der Waals surface area contributed by atoms with Gasteiger partial charge in [0.15, 0.2) is 0 Å². The molecule has 0 bridgehead atoms. The highest BCUT2D eigenvalue weighted by molar-refractivity contribution is 8.02. The molecule has 0 unspecified atom stereocenters. The van der Waals surface area contributed by atoms with Gasteiger partial charge < -0.3 is 24.4 Å². The zero-order chi connectivity index (χ0) is 30.8. The third kappa shape index (κ3) is 5.40. The van der Waals surface area contributed by atoms with Gasteiger partial charge in [0.2, 0.25) is 0 Å². The number of para-hydroxylation sites is 2. The van der Waals surface area contributed by atoms with Crippen LogP contribution in [0.2, 0.25) is 0 Å². The number of aromatic nitrogens is 3. The van der Waals surface area contributed by atoms with E-state index in [-0.39, 0.29) is 5.57 Å². The quantitative estimate of drug-likeness (QED) is 0.0745. The van der Waals surface area contributed by atoms with Gasteiger partial charge in [0.05, 0.1) is 46.5 Å². The summed E-state index contributed by atoms with van der Waals surface area (Å²) < 4.78 is 15.4. The molecule has 0 aliphatic carbocycles. The minimum Gasteiger partial charge on any atom is -0.477 e. The third-order valence-electron chi connectivity index (χ3n) is 7.31. The zero-order valence-electron chi connectivity index (χ0n) is 23.4. The Morgan fingerprint density at radius 1 is 0.800 bits per heavy atom. The van der Waals surface area contributed by atoms with E-state index >= 15 is 0 Å². The maximum atomic E-state index is 11.5. The number of carbonyl (C=O) groups is 1. The second-order valence-electron chi connectivity index (χ2n) is 10.0. The molecule has 2 aromatic heterocycles. The average Bonchev–Trinajstić information content (AvgIpc) is 3.86. The lowest BCUT2D eigenvalue weighted by molar-refractivity contribution is -0.132. The van der Waals surface area contributed by atoms with Gasteiger partial charge in [-0.1, -0.05) is 54.6 Å². The van der Waals surface area contributed by atoms with Crippen molar-refractivity contribution < 1.29 is 9.90 Å². The van der Waals surface area contributed by atoms with E-state index in [9.17, 15) is 15.2 Å². The van der Waals surface area contributed by atoms with Gasteiger partial charge in [-0.15, -0.1) is 0 Å². The number of nitriles is 1. The van der Waals surface area contributed by atoms with Crippen LogP contribution in [0.3, 0.4) is 0 Å². The van der Waals surface area contributed by atoms with E-state index in [1.807, 2.05) is 54.6 Å². The second kappa shape index (κ2) is 12.0. The molecule has 0 saturated heterocycles. The van der Waals surface area contributed by atoms with Crippen molar-refractivity contribution >= 4 is 87.5 Å². The number of carboxylic acids is 1. The number of fused-ring (bicyclic) bond motifs is 2. The first-order valence-corrected chi connectivity index (χ1v) is 15.4. The largest absolute Gasteiger partial charge is 0.477 e. The van der Waals surface area contributed by atoms with Crippen molar-refractivity contribution in [1.82, 2.24) is 13.7 Å². The summed E-state index contributed by atoms with van der Waals surface area (Å²) >= 11 is 2.29. The number of nitrogens with one attached hydrogen (secondary N) is 3. The predicted molar refractivity (Wildman–Crippen MR) is 183 cm³/mol. The fourth-order valence-corrected chi connectivity index (χ4v) is 6.47. The maximum absolute atomic E-state index is 11.5. The molecule has 11 heteroatoms. The predicted octanol–water partition coefficient (Wildman–Crippen LogP) is 8.72. The van der Waals surface area contributed by atoms with Crippen LogP contribution in [0.25, 0.3) is 40.5 Å². The van der Waals surface area contributed by atoms with Crippen molar-refractivity contribution in [1.29, 1.82) is 5.26 Å². The lowest BCUT2D eigenvalue weighted by Gasteiger charge is -2.25. The summed E-state index contributed by atoms with van der Waals surface area (Å²) in [6.07, 6.45) is 5.41. The molecule has 7 rings (SSSR count). The highest BCUT2D eigenvalue weighted by atomic mass is 32.2. The average molecular weight is 626 g/mol. The van der Waals surface area contributed by atoms with Gasteiger partial charge in [-0.3, -0.25) is 0 Å². The Hall–Kier alpha value is -5.83. The van der Waals surface area contributed by atoms with Gasteiger partial charge in [0.1, 0.15) is 22.7 Å². The molecular formula is C34H23N7O2S2. The van der Waals surface area contributed by atoms with Crippen LogP contribution in [-0.2, 0) is 4.79 Å². The molecule has 0 amide bonds. The molecule has 0 atom stereocenters. The second-order valence-corrected chi connectivity index (χ2v) is 11.2. The first-order valence-electron chi connectivity index (χ1n) is 13.8. The first-order chi connectivity index (χ1) is 22.1. The normalized spacial score (nSPS) is 12.5. The Balaban J connectivity index is 1.19. The summed E-state index contributed by atoms with van der Waals surface area (Å²) in [6, 6.07) is 34.7. The Morgan fingerprint density at radius 2 is 1.44 bits per heavy atom. The summed E-state index contributed by atoms with van der Waals surface area (Å²) in [5, 5.41) is 18.8. The van der Waals surface area contributed by atoms with Gasteiger partial charge in [0, 0.05) is 28.3 Å². The lowest BCUT2D eigenvalue weighted by Crippen LogP contribution is -2.09. The van der Waals surface area contributed by atoms with E-state index in [0.29, 0.717) is 22.3 Å². The van der Waals surface area contributed by atoms with E-state index in [0.717, 1.165) is 57.0 Å². The molecule has 218 valence electrons. The molecule has 6 aromatic rings. The van der Waals surface area contributed by atoms with Crippen LogP contribution in [0, 0.1) is 11.3 Å². The number of hydrogen-bond acceptors (Lipinski definition) is 9. The first kappa shape index (κ1) is 28.0. The molecule has 1 aliphatic heterocycles. The van der Waals surface area contributed by atoms with Gasteiger partial charge in [-0.05, 0) is 66.2 Å². The number of nitrogens with zero attached hydrogens (tertiary/aromatic N) is 4. The summed E-state index contributed by atoms with van der Waals surface area (Å²) in [5.41, 5.74) is 9.45. The summed E-state index contributed by atoms with van der Waals surface area (Å²) in [7, 11) is 0. The van der Waals surface area contributed by atoms with Crippen LogP contribution in [0.1, 0.15) is 16.8 Å². The number of aliphatic carboxylic acids is 1. The van der Waals surface area contributed by atoms with Gasteiger partial charge in [-0.2, -0.15) is 14.0 Å². The lowest BCUT2D eigenvalue weighted by atomic mass is 9.99. The summed E-state index contributed by atoms with van der Waals surface area (Å²) in [4.78, 5) is 17.3. The van der Waals surface area contributed by atoms with Crippen molar-refractivity contribution in [3.8, 4) is 17.3 Å². The van der Waals surface area contributed by atoms with Crippen molar-refractivity contribution in [3.05, 3.63) is 119 Å². The van der Waals surface area contributed by atoms with Crippen LogP contribution in [0.15, 0.2) is 103 Å². The van der Waals surface area contributed by atoms with E-state index in [1.165, 1.54) is 18.2 Å². The number of aromatic amines is 1. The number of benzene rings is 4. The Kier molecular flexibility index (Phi) is 7.49. The van der Waals surface area contributed by atoms with Gasteiger partial charge in [-0.25, -0.2) is 4.79 Å². The molecule has 0 fully saturated rings. The topological polar surface area (TPSA) is 130 Å². The Morgan fingerprint density at radius 3 is 2.11 bits per heavy atom. The van der Waals surface area contributed by atoms with Crippen LogP contribution < -0.4 is 14.3 Å². The molecule has 1 aliphatic rings. The SMILES string of the molecule is N#C/C(=C\c1c2c(c(-c3ccc(/C=C/c4ccc(N(c5ccccc5)c5ccccc5)cc4)[nH]3)c3nsnc13)NSN2)C(=O)O. The van der Waals surface area contributed by atoms with E-state index in [1.54, 1.807) is 6.07 Å². The monoisotopic (exact) mass is 625 g/mol. The molecule has 4 N–H and O–H groups in total. The molecule has 45 heavy (non-hydrogen) atoms. The van der Waals surface area contributed by atoms with Crippen molar-refractivity contribution in [2.24, 2.45) is 0 Å². The third-order valence-corrected chi connectivity index (χ3v) is 8.45. The summed E-state index contributed by atoms with van der Waals surface area (Å²) in [6.45, 7) is 0. The van der Waals surface area contributed by atoms with Crippen molar-refractivity contribution in [2.45, 2.75) is 0 Å². The van der Waals surface area contributed by atoms with E-state index in [4.69, 9.17) is 0 Å². The standard InChI is InChI=1S/C34H23N7O2S2/c35-20-22(34(42)43)19-27-30-32(39-44-37-30)29(33-31(27)38-45-40-33)28-18-15-23(36-28)14-11-21-12-16-26(17-13-21)41(24-7-3-1-4-8-24)25-9-5-2-6-10-25/h1-19,36-37,39H,(H,42,43)/b14-11+,22-19+. The Labute approximate surface area is 266 Å². The van der Waals surface area contributed by atoms with Crippen molar-refractivity contribution in [2.75, 3.05) is 14.3 Å². The van der Waals surface area contributed by atoms with Crippen LogP contribution in [0.4, 0.5) is 28.4 Å². The number of hydrogen-bond donors (Lipinski definition) is 4. The maximum Gasteiger partial charge on any atom is 0.346 e. The smallest absolute Gasteiger partial charge is 0.346 e. The van der Waals surface area contributed by atoms with E-state index < -0.39 is 5.97 Å². The minimum atomic E-state index is -1.30. The molecule has 0 spiro atoms. The highest BCUT2D eigenvalue weighted by Gasteiger charge is 2.27.